The molecule has 4 fully saturated rings. The van der Waals surface area contributed by atoms with Crippen LogP contribution in [0.1, 0.15) is 65.7 Å². The van der Waals surface area contributed by atoms with Gasteiger partial charge in [0.2, 0.25) is 5.91 Å². The summed E-state index contributed by atoms with van der Waals surface area (Å²) < 4.78 is 0. The van der Waals surface area contributed by atoms with Crippen molar-refractivity contribution in [3.05, 3.63) is 0 Å². The molecule has 0 aliphatic heterocycles. The van der Waals surface area contributed by atoms with E-state index in [1.807, 2.05) is 0 Å². The molecule has 102 valence electrons. The van der Waals surface area contributed by atoms with Gasteiger partial charge in [-0.2, -0.15) is 0 Å². The number of carbonyl (C=O) groups is 1. The average Bonchev–Trinajstić information content (AvgIpc) is 2.26. The molecule has 4 bridgehead atoms. The van der Waals surface area contributed by atoms with Gasteiger partial charge in [0.05, 0.1) is 0 Å². The molecule has 0 aromatic carbocycles. The summed E-state index contributed by atoms with van der Waals surface area (Å²) in [5.74, 6) is 2.93. The Hall–Kier alpha value is -0.530. The minimum absolute atomic E-state index is 0.0151. The maximum atomic E-state index is 12.8. The third-order valence-electron chi connectivity index (χ3n) is 5.86. The largest absolute Gasteiger partial charge is 0.351 e. The first-order valence-corrected chi connectivity index (χ1v) is 7.75. The van der Waals surface area contributed by atoms with Gasteiger partial charge in [-0.25, -0.2) is 0 Å². The fourth-order valence-corrected chi connectivity index (χ4v) is 4.92. The predicted molar refractivity (Wildman–Crippen MR) is 73.1 cm³/mol. The van der Waals surface area contributed by atoms with Crippen molar-refractivity contribution in [3.8, 4) is 0 Å². The summed E-state index contributed by atoms with van der Waals surface area (Å²) in [7, 11) is 0. The van der Waals surface area contributed by atoms with Crippen LogP contribution in [0, 0.1) is 23.2 Å². The second-order valence-electron chi connectivity index (χ2n) is 7.89. The molecule has 1 amide bonds. The summed E-state index contributed by atoms with van der Waals surface area (Å²) in [6.07, 6.45) is 8.74. The molecule has 1 N–H and O–H groups in total. The summed E-state index contributed by atoms with van der Waals surface area (Å²) in [6.45, 7) is 6.44. The van der Waals surface area contributed by atoms with Crippen LogP contribution in [0.4, 0.5) is 0 Å². The molecule has 0 atom stereocenters. The van der Waals surface area contributed by atoms with Gasteiger partial charge in [-0.3, -0.25) is 4.79 Å². The maximum absolute atomic E-state index is 12.8. The third-order valence-corrected chi connectivity index (χ3v) is 5.86. The summed E-state index contributed by atoms with van der Waals surface area (Å²) in [5.41, 5.74) is -0.0262. The van der Waals surface area contributed by atoms with Crippen molar-refractivity contribution in [2.24, 2.45) is 23.2 Å². The molecule has 4 rings (SSSR count). The zero-order valence-corrected chi connectivity index (χ0v) is 12.1. The van der Waals surface area contributed by atoms with Gasteiger partial charge >= 0.3 is 0 Å². The van der Waals surface area contributed by atoms with E-state index in [0.29, 0.717) is 5.91 Å². The molecule has 0 spiro atoms. The van der Waals surface area contributed by atoms with Crippen molar-refractivity contribution >= 4 is 5.91 Å². The molecule has 0 aromatic heterocycles. The van der Waals surface area contributed by atoms with E-state index < -0.39 is 0 Å². The molecule has 0 unspecified atom stereocenters. The van der Waals surface area contributed by atoms with Crippen LogP contribution in [-0.2, 0) is 4.79 Å². The molecule has 4 saturated carbocycles. The Bertz CT molecular complexity index is 323. The Morgan fingerprint density at radius 1 is 1.11 bits per heavy atom. The fraction of sp³-hybridized carbons (Fsp3) is 0.938. The van der Waals surface area contributed by atoms with Gasteiger partial charge in [0, 0.05) is 11.0 Å². The number of hydrogen-bond acceptors (Lipinski definition) is 1. The summed E-state index contributed by atoms with van der Waals surface area (Å²) in [5, 5.41) is 3.32. The van der Waals surface area contributed by atoms with Crippen molar-refractivity contribution in [1.29, 1.82) is 0 Å². The van der Waals surface area contributed by atoms with Crippen LogP contribution in [0.2, 0.25) is 0 Å². The van der Waals surface area contributed by atoms with Crippen molar-refractivity contribution in [2.45, 2.75) is 71.3 Å². The van der Waals surface area contributed by atoms with E-state index >= 15 is 0 Å². The Morgan fingerprint density at radius 2 is 1.56 bits per heavy atom. The monoisotopic (exact) mass is 249 g/mol. The van der Waals surface area contributed by atoms with E-state index in [0.717, 1.165) is 24.2 Å². The lowest BCUT2D eigenvalue weighted by Crippen LogP contribution is -2.57. The molecule has 0 saturated heterocycles. The predicted octanol–water partition coefficient (Wildman–Crippen LogP) is 3.51. The highest BCUT2D eigenvalue weighted by molar-refractivity contribution is 5.83. The Balaban J connectivity index is 1.77. The minimum Gasteiger partial charge on any atom is -0.351 e. The number of nitrogens with one attached hydrogen (secondary N) is 1. The lowest BCUT2D eigenvalue weighted by molar-refractivity contribution is -0.148. The van der Waals surface area contributed by atoms with Crippen LogP contribution in [0.3, 0.4) is 0 Å². The number of amides is 1. The first-order chi connectivity index (χ1) is 8.42. The van der Waals surface area contributed by atoms with Gasteiger partial charge in [0.25, 0.3) is 0 Å². The summed E-state index contributed by atoms with van der Waals surface area (Å²) in [4.78, 5) is 12.8. The zero-order valence-electron chi connectivity index (χ0n) is 12.1. The quantitative estimate of drug-likeness (QED) is 0.815. The first kappa shape index (κ1) is 12.5. The highest BCUT2D eigenvalue weighted by atomic mass is 16.2. The van der Waals surface area contributed by atoms with Crippen LogP contribution in [-0.4, -0.2) is 11.4 Å². The van der Waals surface area contributed by atoms with E-state index in [2.05, 4.69) is 26.1 Å². The van der Waals surface area contributed by atoms with Crippen LogP contribution >= 0.6 is 0 Å². The van der Waals surface area contributed by atoms with E-state index in [1.165, 1.54) is 38.5 Å². The maximum Gasteiger partial charge on any atom is 0.226 e. The van der Waals surface area contributed by atoms with E-state index in [-0.39, 0.29) is 11.0 Å². The zero-order chi connectivity index (χ0) is 13.0. The standard InChI is InChI=1S/C16H27NO/c1-4-15(2,3)17-14(18)16-8-11-5-12(9-16)7-13(6-11)10-16/h11-13H,4-10H2,1-3H3,(H,17,18). The van der Waals surface area contributed by atoms with Crippen molar-refractivity contribution in [2.75, 3.05) is 0 Å². The van der Waals surface area contributed by atoms with E-state index in [1.54, 1.807) is 0 Å². The van der Waals surface area contributed by atoms with Gasteiger partial charge in [-0.1, -0.05) is 6.92 Å². The third kappa shape index (κ3) is 1.98. The highest BCUT2D eigenvalue weighted by Gasteiger charge is 2.54. The van der Waals surface area contributed by atoms with Gasteiger partial charge in [0.15, 0.2) is 0 Å². The van der Waals surface area contributed by atoms with Crippen LogP contribution in [0.15, 0.2) is 0 Å². The lowest BCUT2D eigenvalue weighted by Gasteiger charge is -2.56. The van der Waals surface area contributed by atoms with Gasteiger partial charge < -0.3 is 5.32 Å². The molecule has 0 heterocycles. The number of hydrogen-bond donors (Lipinski definition) is 1. The van der Waals surface area contributed by atoms with E-state index in [9.17, 15) is 4.79 Å². The topological polar surface area (TPSA) is 29.1 Å². The van der Waals surface area contributed by atoms with Gasteiger partial charge in [0.1, 0.15) is 0 Å². The van der Waals surface area contributed by atoms with Gasteiger partial charge in [-0.15, -0.1) is 0 Å². The van der Waals surface area contributed by atoms with Crippen LogP contribution in [0.25, 0.3) is 0 Å². The molecule has 0 aromatic rings. The smallest absolute Gasteiger partial charge is 0.226 e. The summed E-state index contributed by atoms with van der Waals surface area (Å²) in [6, 6.07) is 0. The highest BCUT2D eigenvalue weighted by Crippen LogP contribution is 2.60. The first-order valence-electron chi connectivity index (χ1n) is 7.75. The van der Waals surface area contributed by atoms with Crippen molar-refractivity contribution in [3.63, 3.8) is 0 Å². The second kappa shape index (κ2) is 3.98. The molecule has 4 aliphatic carbocycles. The van der Waals surface area contributed by atoms with Crippen LogP contribution < -0.4 is 5.32 Å². The lowest BCUT2D eigenvalue weighted by atomic mass is 9.49. The summed E-state index contributed by atoms with van der Waals surface area (Å²) >= 11 is 0. The SMILES string of the molecule is CCC(C)(C)NC(=O)C12CC3CC(CC(C3)C1)C2. The van der Waals surface area contributed by atoms with Crippen molar-refractivity contribution < 1.29 is 4.79 Å². The molecular formula is C16H27NO. The average molecular weight is 249 g/mol. The normalized spacial score (nSPS) is 42.1. The Morgan fingerprint density at radius 3 is 1.94 bits per heavy atom. The van der Waals surface area contributed by atoms with Gasteiger partial charge in [-0.05, 0) is 76.5 Å². The molecule has 2 nitrogen and oxygen atoms in total. The van der Waals surface area contributed by atoms with Crippen molar-refractivity contribution in [1.82, 2.24) is 5.32 Å². The Kier molecular flexibility index (Phi) is 2.76. The molecule has 2 heteroatoms. The molecular weight excluding hydrogens is 222 g/mol. The molecule has 4 aliphatic rings. The van der Waals surface area contributed by atoms with Crippen LogP contribution in [0.5, 0.6) is 0 Å². The minimum atomic E-state index is -0.0413. The molecule has 18 heavy (non-hydrogen) atoms. The molecule has 0 radical (unpaired) electrons. The number of rotatable bonds is 3. The fourth-order valence-electron chi connectivity index (χ4n) is 4.92. The number of carbonyl (C=O) groups excluding carboxylic acids is 1. The Labute approximate surface area is 111 Å². The second-order valence-corrected chi connectivity index (χ2v) is 7.89. The van der Waals surface area contributed by atoms with E-state index in [4.69, 9.17) is 0 Å².